The van der Waals surface area contributed by atoms with Crippen LogP contribution in [-0.2, 0) is 16.1 Å². The maximum Gasteiger partial charge on any atom is 0.330 e. The Bertz CT molecular complexity index is 983. The molecule has 0 atom stereocenters. The van der Waals surface area contributed by atoms with Gasteiger partial charge in [0.15, 0.2) is 18.1 Å². The number of hydrogen-bond acceptors (Lipinski definition) is 7. The third kappa shape index (κ3) is 4.73. The molecular weight excluding hydrogens is 367 g/mol. The van der Waals surface area contributed by atoms with Crippen molar-refractivity contribution in [1.29, 1.82) is 0 Å². The molecule has 7 nitrogen and oxygen atoms in total. The number of carbonyl (C=O) groups is 1. The zero-order chi connectivity index (χ0) is 19.9. The molecule has 0 saturated carbocycles. The van der Waals surface area contributed by atoms with Gasteiger partial charge in [-0.2, -0.15) is 4.98 Å². The van der Waals surface area contributed by atoms with Gasteiger partial charge >= 0.3 is 5.97 Å². The first kappa shape index (κ1) is 19.1. The van der Waals surface area contributed by atoms with E-state index < -0.39 is 5.97 Å². The van der Waals surface area contributed by atoms with Crippen LogP contribution in [0.2, 0.25) is 0 Å². The van der Waals surface area contributed by atoms with Crippen LogP contribution in [0, 0.1) is 5.82 Å². The largest absolute Gasteiger partial charge is 0.493 e. The first-order valence-electron chi connectivity index (χ1n) is 8.24. The molecule has 1 aromatic heterocycles. The minimum atomic E-state index is -0.451. The average molecular weight is 384 g/mol. The summed E-state index contributed by atoms with van der Waals surface area (Å²) in [4.78, 5) is 15.4. The molecule has 8 heteroatoms. The number of rotatable bonds is 7. The number of esters is 1. The first-order chi connectivity index (χ1) is 13.6. The highest BCUT2D eigenvalue weighted by Crippen LogP contribution is 2.29. The molecule has 0 radical (unpaired) electrons. The van der Waals surface area contributed by atoms with Crippen molar-refractivity contribution in [3.8, 4) is 22.9 Å². The minimum absolute atomic E-state index is 0.0297. The van der Waals surface area contributed by atoms with Crippen LogP contribution in [0.15, 0.2) is 53.1 Å². The highest BCUT2D eigenvalue weighted by atomic mass is 19.1. The van der Waals surface area contributed by atoms with Gasteiger partial charge in [0.1, 0.15) is 5.82 Å². The predicted molar refractivity (Wildman–Crippen MR) is 98.1 cm³/mol. The smallest absolute Gasteiger partial charge is 0.330 e. The summed E-state index contributed by atoms with van der Waals surface area (Å²) in [5.41, 5.74) is 1.38. The van der Waals surface area contributed by atoms with Crippen LogP contribution < -0.4 is 9.47 Å². The number of aromatic nitrogens is 2. The summed E-state index contributed by atoms with van der Waals surface area (Å²) in [6.45, 7) is 0.0297. The van der Waals surface area contributed by atoms with E-state index in [1.165, 1.54) is 32.4 Å². The molecule has 0 fully saturated rings. The lowest BCUT2D eigenvalue weighted by Gasteiger charge is -2.09. The SMILES string of the molecule is COC(=O)/C=C/c1ccc(OCc2nc(-c3ccc(F)cc3)no2)c(OC)c1. The van der Waals surface area contributed by atoms with Crippen LogP contribution in [0.1, 0.15) is 11.5 Å². The summed E-state index contributed by atoms with van der Waals surface area (Å²) >= 11 is 0. The Morgan fingerprint density at radius 3 is 2.64 bits per heavy atom. The van der Waals surface area contributed by atoms with E-state index in [4.69, 9.17) is 14.0 Å². The van der Waals surface area contributed by atoms with Crippen molar-refractivity contribution >= 4 is 12.0 Å². The molecule has 0 amide bonds. The minimum Gasteiger partial charge on any atom is -0.493 e. The zero-order valence-corrected chi connectivity index (χ0v) is 15.2. The van der Waals surface area contributed by atoms with Crippen LogP contribution in [0.4, 0.5) is 4.39 Å². The molecule has 28 heavy (non-hydrogen) atoms. The quantitative estimate of drug-likeness (QED) is 0.454. The number of nitrogens with zero attached hydrogens (tertiary/aromatic N) is 2. The summed E-state index contributed by atoms with van der Waals surface area (Å²) in [7, 11) is 2.82. The molecule has 0 bridgehead atoms. The van der Waals surface area contributed by atoms with Gasteiger partial charge in [-0.3, -0.25) is 0 Å². The molecule has 0 N–H and O–H groups in total. The van der Waals surface area contributed by atoms with Crippen molar-refractivity contribution in [1.82, 2.24) is 10.1 Å². The van der Waals surface area contributed by atoms with Gasteiger partial charge in [0.25, 0.3) is 5.89 Å². The van der Waals surface area contributed by atoms with Crippen LogP contribution in [0.3, 0.4) is 0 Å². The van der Waals surface area contributed by atoms with Gasteiger partial charge in [-0.05, 0) is 48.0 Å². The molecule has 1 heterocycles. The molecule has 0 aliphatic heterocycles. The fraction of sp³-hybridized carbons (Fsp3) is 0.150. The first-order valence-corrected chi connectivity index (χ1v) is 8.24. The Hall–Kier alpha value is -3.68. The van der Waals surface area contributed by atoms with Crippen molar-refractivity contribution in [3.05, 3.63) is 65.8 Å². The van der Waals surface area contributed by atoms with Crippen LogP contribution >= 0.6 is 0 Å². The number of carbonyl (C=O) groups excluding carboxylic acids is 1. The van der Waals surface area contributed by atoms with Crippen molar-refractivity contribution in [2.45, 2.75) is 6.61 Å². The van der Waals surface area contributed by atoms with E-state index >= 15 is 0 Å². The zero-order valence-electron chi connectivity index (χ0n) is 15.2. The standard InChI is InChI=1S/C20H17FN2O5/c1-25-17-11-13(4-10-19(24)26-2)3-9-16(17)27-12-18-22-20(23-28-18)14-5-7-15(21)8-6-14/h3-11H,12H2,1-2H3/b10-4+. The third-order valence-electron chi connectivity index (χ3n) is 3.72. The Balaban J connectivity index is 1.68. The van der Waals surface area contributed by atoms with E-state index in [0.717, 1.165) is 5.56 Å². The molecule has 3 rings (SSSR count). The summed E-state index contributed by atoms with van der Waals surface area (Å²) in [5, 5.41) is 3.86. The molecule has 0 saturated heterocycles. The van der Waals surface area contributed by atoms with Crippen molar-refractivity contribution in [3.63, 3.8) is 0 Å². The summed E-state index contributed by atoms with van der Waals surface area (Å²) in [6, 6.07) is 10.9. The predicted octanol–water partition coefficient (Wildman–Crippen LogP) is 3.65. The average Bonchev–Trinajstić information content (AvgIpc) is 3.20. The summed E-state index contributed by atoms with van der Waals surface area (Å²) < 4.78 is 33.7. The van der Waals surface area contributed by atoms with Crippen molar-refractivity contribution in [2.75, 3.05) is 14.2 Å². The van der Waals surface area contributed by atoms with E-state index in [1.807, 2.05) is 0 Å². The molecular formula is C20H17FN2O5. The van der Waals surface area contributed by atoms with Gasteiger partial charge in [0.05, 0.1) is 14.2 Å². The normalized spacial score (nSPS) is 10.8. The third-order valence-corrected chi connectivity index (χ3v) is 3.72. The lowest BCUT2D eigenvalue weighted by atomic mass is 10.2. The maximum absolute atomic E-state index is 13.0. The Morgan fingerprint density at radius 2 is 1.93 bits per heavy atom. The fourth-order valence-electron chi connectivity index (χ4n) is 2.31. The molecule has 0 aliphatic carbocycles. The van der Waals surface area contributed by atoms with Crippen molar-refractivity contribution < 1.29 is 27.9 Å². The Kier molecular flexibility index (Phi) is 6.01. The van der Waals surface area contributed by atoms with Gasteiger partial charge in [-0.1, -0.05) is 11.2 Å². The van der Waals surface area contributed by atoms with E-state index in [-0.39, 0.29) is 18.3 Å². The lowest BCUT2D eigenvalue weighted by Crippen LogP contribution is -1.98. The fourth-order valence-corrected chi connectivity index (χ4v) is 2.31. The molecule has 2 aromatic carbocycles. The summed E-state index contributed by atoms with van der Waals surface area (Å²) in [5.74, 6) is 0.759. The number of ether oxygens (including phenoxy) is 3. The maximum atomic E-state index is 13.0. The number of methoxy groups -OCH3 is 2. The Morgan fingerprint density at radius 1 is 1.14 bits per heavy atom. The van der Waals surface area contributed by atoms with Crippen molar-refractivity contribution in [2.24, 2.45) is 0 Å². The van der Waals surface area contributed by atoms with E-state index in [2.05, 4.69) is 14.9 Å². The van der Waals surface area contributed by atoms with Gasteiger partial charge < -0.3 is 18.7 Å². The Labute approximate surface area is 160 Å². The monoisotopic (exact) mass is 384 g/mol. The molecule has 0 spiro atoms. The van der Waals surface area contributed by atoms with E-state index in [9.17, 15) is 9.18 Å². The van der Waals surface area contributed by atoms with Crippen LogP contribution in [0.25, 0.3) is 17.5 Å². The lowest BCUT2D eigenvalue weighted by molar-refractivity contribution is -0.134. The second-order valence-electron chi connectivity index (χ2n) is 5.57. The highest BCUT2D eigenvalue weighted by molar-refractivity contribution is 5.87. The second-order valence-corrected chi connectivity index (χ2v) is 5.57. The second kappa shape index (κ2) is 8.81. The number of benzene rings is 2. The van der Waals surface area contributed by atoms with Gasteiger partial charge in [0.2, 0.25) is 5.82 Å². The number of halogens is 1. The molecule has 0 aliphatic rings. The van der Waals surface area contributed by atoms with Crippen LogP contribution in [0.5, 0.6) is 11.5 Å². The van der Waals surface area contributed by atoms with E-state index in [1.54, 1.807) is 36.4 Å². The van der Waals surface area contributed by atoms with Gasteiger partial charge in [-0.15, -0.1) is 0 Å². The van der Waals surface area contributed by atoms with E-state index in [0.29, 0.717) is 22.9 Å². The van der Waals surface area contributed by atoms with Gasteiger partial charge in [0, 0.05) is 11.6 Å². The molecule has 3 aromatic rings. The highest BCUT2D eigenvalue weighted by Gasteiger charge is 2.11. The van der Waals surface area contributed by atoms with Gasteiger partial charge in [-0.25, -0.2) is 9.18 Å². The molecule has 0 unspecified atom stereocenters. The number of hydrogen-bond donors (Lipinski definition) is 0. The topological polar surface area (TPSA) is 83.7 Å². The van der Waals surface area contributed by atoms with Crippen LogP contribution in [-0.4, -0.2) is 30.3 Å². The molecule has 144 valence electrons. The summed E-state index contributed by atoms with van der Waals surface area (Å²) in [6.07, 6.45) is 2.91.